The van der Waals surface area contributed by atoms with E-state index in [-0.39, 0.29) is 0 Å². The second-order valence-corrected chi connectivity index (χ2v) is 2.93. The van der Waals surface area contributed by atoms with E-state index in [1.807, 2.05) is 30.2 Å². The van der Waals surface area contributed by atoms with Crippen LogP contribution in [-0.4, -0.2) is 4.98 Å². The fourth-order valence-electron chi connectivity index (χ4n) is 0.909. The molecule has 1 nitrogen and oxygen atoms in total. The first kappa shape index (κ1) is 8.47. The Kier molecular flexibility index (Phi) is 2.83. The molecule has 0 saturated heterocycles. The Morgan fingerprint density at radius 1 is 1.45 bits per heavy atom. The molecule has 0 aromatic carbocycles. The summed E-state index contributed by atoms with van der Waals surface area (Å²) in [5, 5.41) is 0. The molecule has 0 aliphatic heterocycles. The zero-order chi connectivity index (χ0) is 8.27. The minimum absolute atomic E-state index is 1.09. The molecule has 0 saturated carbocycles. The van der Waals surface area contributed by atoms with Crippen LogP contribution < -0.4 is 0 Å². The van der Waals surface area contributed by atoms with E-state index < -0.39 is 0 Å². The van der Waals surface area contributed by atoms with Gasteiger partial charge in [0.1, 0.15) is 0 Å². The molecule has 2 heteroatoms. The lowest BCUT2D eigenvalue weighted by Gasteiger charge is -2.01. The first-order valence-electron chi connectivity index (χ1n) is 3.44. The van der Waals surface area contributed by atoms with Crippen molar-refractivity contribution in [2.75, 3.05) is 0 Å². The monoisotopic (exact) mass is 211 g/mol. The van der Waals surface area contributed by atoms with E-state index >= 15 is 0 Å². The van der Waals surface area contributed by atoms with Crippen LogP contribution in [0.2, 0.25) is 0 Å². The van der Waals surface area contributed by atoms with E-state index in [1.54, 1.807) is 0 Å². The van der Waals surface area contributed by atoms with E-state index in [0.29, 0.717) is 0 Å². The molecule has 0 aliphatic rings. The van der Waals surface area contributed by atoms with Crippen molar-refractivity contribution < 1.29 is 0 Å². The molecule has 1 aromatic rings. The second kappa shape index (κ2) is 3.67. The molecule has 0 amide bonds. The van der Waals surface area contributed by atoms with Crippen LogP contribution in [0.4, 0.5) is 0 Å². The highest BCUT2D eigenvalue weighted by Gasteiger charge is 1.96. The molecule has 1 aromatic heterocycles. The number of aryl methyl sites for hydroxylation is 1. The summed E-state index contributed by atoms with van der Waals surface area (Å²) in [6, 6.07) is 2.00. The highest BCUT2D eigenvalue weighted by Crippen LogP contribution is 2.12. The number of nitrogens with zero attached hydrogens (tertiary/aromatic N) is 1. The molecule has 0 N–H and O–H groups in total. The van der Waals surface area contributed by atoms with Crippen LogP contribution in [0.15, 0.2) is 17.2 Å². The van der Waals surface area contributed by atoms with Gasteiger partial charge in [0.05, 0.1) is 0 Å². The topological polar surface area (TPSA) is 12.9 Å². The largest absolute Gasteiger partial charge is 0.261 e. The van der Waals surface area contributed by atoms with E-state index in [2.05, 4.69) is 27.8 Å². The van der Waals surface area contributed by atoms with Gasteiger partial charge in [-0.3, -0.25) is 4.98 Å². The molecule has 1 heterocycles. The summed E-state index contributed by atoms with van der Waals surface area (Å²) in [6.45, 7) is 4.09. The Balaban J connectivity index is 3.16. The normalized spacial score (nSPS) is 10.8. The fraction of sp³-hybridized carbons (Fsp3) is 0.222. The first-order chi connectivity index (χ1) is 5.25. The minimum Gasteiger partial charge on any atom is -0.261 e. The fourth-order valence-corrected chi connectivity index (χ4v) is 1.19. The maximum atomic E-state index is 4.17. The maximum absolute atomic E-state index is 4.17. The zero-order valence-corrected chi connectivity index (χ0v) is 8.22. The highest BCUT2D eigenvalue weighted by atomic mass is 79.9. The number of hydrogen-bond acceptors (Lipinski definition) is 1. The van der Waals surface area contributed by atoms with Gasteiger partial charge < -0.3 is 0 Å². The SMILES string of the molecule is Cc1nccc(/C=C/Br)c1C. The molecular formula is C9H10BrN. The van der Waals surface area contributed by atoms with Gasteiger partial charge in [-0.1, -0.05) is 15.9 Å². The predicted octanol–water partition coefficient (Wildman–Crippen LogP) is 3.06. The molecule has 0 spiro atoms. The summed E-state index contributed by atoms with van der Waals surface area (Å²) in [5.74, 6) is 0. The van der Waals surface area contributed by atoms with Gasteiger partial charge in [0, 0.05) is 11.9 Å². The number of hydrogen-bond donors (Lipinski definition) is 0. The summed E-state index contributed by atoms with van der Waals surface area (Å²) in [6.07, 6.45) is 3.84. The second-order valence-electron chi connectivity index (χ2n) is 2.40. The van der Waals surface area contributed by atoms with E-state index in [4.69, 9.17) is 0 Å². The lowest BCUT2D eigenvalue weighted by atomic mass is 10.1. The molecule has 0 atom stereocenters. The van der Waals surface area contributed by atoms with Gasteiger partial charge in [0.2, 0.25) is 0 Å². The quantitative estimate of drug-likeness (QED) is 0.697. The van der Waals surface area contributed by atoms with Gasteiger partial charge in [-0.05, 0) is 42.1 Å². The molecular weight excluding hydrogens is 202 g/mol. The highest BCUT2D eigenvalue weighted by molar-refractivity contribution is 9.11. The summed E-state index contributed by atoms with van der Waals surface area (Å²) >= 11 is 3.24. The van der Waals surface area contributed by atoms with Crippen LogP contribution in [0.5, 0.6) is 0 Å². The Hall–Kier alpha value is -0.630. The van der Waals surface area contributed by atoms with Crippen LogP contribution in [0, 0.1) is 13.8 Å². The van der Waals surface area contributed by atoms with Gasteiger partial charge in [0.15, 0.2) is 0 Å². The molecule has 0 bridgehead atoms. The Labute approximate surface area is 75.3 Å². The molecule has 11 heavy (non-hydrogen) atoms. The van der Waals surface area contributed by atoms with Crippen molar-refractivity contribution in [3.63, 3.8) is 0 Å². The lowest BCUT2D eigenvalue weighted by molar-refractivity contribution is 1.14. The van der Waals surface area contributed by atoms with Crippen LogP contribution in [0.25, 0.3) is 6.08 Å². The summed E-state index contributed by atoms with van der Waals surface area (Å²) in [4.78, 5) is 6.03. The Morgan fingerprint density at radius 3 is 2.82 bits per heavy atom. The van der Waals surface area contributed by atoms with Crippen LogP contribution in [0.1, 0.15) is 16.8 Å². The van der Waals surface area contributed by atoms with E-state index in [9.17, 15) is 0 Å². The molecule has 1 rings (SSSR count). The number of rotatable bonds is 1. The average Bonchev–Trinajstić information content (AvgIpc) is 1.99. The van der Waals surface area contributed by atoms with Crippen LogP contribution >= 0.6 is 15.9 Å². The molecule has 0 radical (unpaired) electrons. The standard InChI is InChI=1S/C9H10BrN/c1-7-8(2)11-6-4-9(7)3-5-10/h3-6H,1-2H3/b5-3+. The number of aromatic nitrogens is 1. The molecule has 58 valence electrons. The third-order valence-corrected chi connectivity index (χ3v) is 2.00. The van der Waals surface area contributed by atoms with Crippen LogP contribution in [0.3, 0.4) is 0 Å². The number of pyridine rings is 1. The Morgan fingerprint density at radius 2 is 2.18 bits per heavy atom. The molecule has 0 aliphatic carbocycles. The van der Waals surface area contributed by atoms with Gasteiger partial charge in [-0.25, -0.2) is 0 Å². The van der Waals surface area contributed by atoms with Crippen molar-refractivity contribution in [1.82, 2.24) is 4.98 Å². The Bertz CT molecular complexity index is 279. The molecule has 0 fully saturated rings. The predicted molar refractivity (Wildman–Crippen MR) is 51.7 cm³/mol. The van der Waals surface area contributed by atoms with Crippen molar-refractivity contribution in [1.29, 1.82) is 0 Å². The average molecular weight is 212 g/mol. The lowest BCUT2D eigenvalue weighted by Crippen LogP contribution is -1.88. The van der Waals surface area contributed by atoms with E-state index in [0.717, 1.165) is 5.69 Å². The zero-order valence-electron chi connectivity index (χ0n) is 6.63. The van der Waals surface area contributed by atoms with Crippen molar-refractivity contribution in [2.45, 2.75) is 13.8 Å². The van der Waals surface area contributed by atoms with Crippen molar-refractivity contribution in [3.05, 3.63) is 34.1 Å². The smallest absolute Gasteiger partial charge is 0.0407 e. The van der Waals surface area contributed by atoms with Crippen molar-refractivity contribution in [2.24, 2.45) is 0 Å². The van der Waals surface area contributed by atoms with Crippen molar-refractivity contribution in [3.8, 4) is 0 Å². The van der Waals surface area contributed by atoms with Gasteiger partial charge in [-0.15, -0.1) is 0 Å². The maximum Gasteiger partial charge on any atom is 0.0407 e. The number of halogens is 1. The first-order valence-corrected chi connectivity index (χ1v) is 4.36. The minimum atomic E-state index is 1.09. The van der Waals surface area contributed by atoms with Gasteiger partial charge in [-0.2, -0.15) is 0 Å². The third kappa shape index (κ3) is 1.90. The summed E-state index contributed by atoms with van der Waals surface area (Å²) in [5.41, 5.74) is 3.55. The van der Waals surface area contributed by atoms with Crippen LogP contribution in [-0.2, 0) is 0 Å². The molecule has 0 unspecified atom stereocenters. The summed E-state index contributed by atoms with van der Waals surface area (Å²) in [7, 11) is 0. The van der Waals surface area contributed by atoms with Gasteiger partial charge in [0.25, 0.3) is 0 Å². The van der Waals surface area contributed by atoms with Gasteiger partial charge >= 0.3 is 0 Å². The van der Waals surface area contributed by atoms with E-state index in [1.165, 1.54) is 11.1 Å². The van der Waals surface area contributed by atoms with Crippen molar-refractivity contribution >= 4 is 22.0 Å². The summed E-state index contributed by atoms with van der Waals surface area (Å²) < 4.78 is 0. The third-order valence-electron chi connectivity index (χ3n) is 1.74.